The molecule has 0 aliphatic heterocycles. The Morgan fingerprint density at radius 2 is 1.58 bits per heavy atom. The van der Waals surface area contributed by atoms with Crippen LogP contribution in [0.4, 0.5) is 5.69 Å². The van der Waals surface area contributed by atoms with Crippen molar-refractivity contribution in [2.45, 2.75) is 45.6 Å². The van der Waals surface area contributed by atoms with Crippen LogP contribution in [0.1, 0.15) is 40.2 Å². The van der Waals surface area contributed by atoms with Crippen molar-refractivity contribution >= 4 is 11.7 Å². The van der Waals surface area contributed by atoms with Crippen molar-refractivity contribution in [1.82, 2.24) is 0 Å². The van der Waals surface area contributed by atoms with Gasteiger partial charge in [0.05, 0.1) is 10.3 Å². The fourth-order valence-electron chi connectivity index (χ4n) is 1.52. The molecule has 5 nitrogen and oxygen atoms in total. The number of nitrogens with zero attached hydrogens (tertiary/aromatic N) is 1. The third-order valence-corrected chi connectivity index (χ3v) is 2.71. The molecular weight excluding hydrogens is 246 g/mol. The molecule has 0 fully saturated rings. The van der Waals surface area contributed by atoms with E-state index in [0.29, 0.717) is 5.56 Å². The van der Waals surface area contributed by atoms with Crippen LogP contribution in [0, 0.1) is 10.1 Å². The van der Waals surface area contributed by atoms with Gasteiger partial charge in [0.25, 0.3) is 5.69 Å². The highest BCUT2D eigenvalue weighted by Gasteiger charge is 2.34. The predicted octanol–water partition coefficient (Wildman–Crippen LogP) is 3.21. The second-order valence-corrected chi connectivity index (χ2v) is 5.93. The van der Waals surface area contributed by atoms with Gasteiger partial charge in [-0.2, -0.15) is 0 Å². The molecule has 0 saturated heterocycles. The number of carbonyl (C=O) groups excluding carboxylic acids is 1. The van der Waals surface area contributed by atoms with Crippen molar-refractivity contribution in [2.75, 3.05) is 0 Å². The Bertz CT molecular complexity index is 483. The van der Waals surface area contributed by atoms with Gasteiger partial charge in [0.2, 0.25) is 0 Å². The van der Waals surface area contributed by atoms with E-state index in [1.807, 2.05) is 0 Å². The lowest BCUT2D eigenvalue weighted by Gasteiger charge is -2.28. The molecule has 0 spiro atoms. The minimum absolute atomic E-state index is 0.00346. The lowest BCUT2D eigenvalue weighted by atomic mass is 9.84. The second-order valence-electron chi connectivity index (χ2n) is 5.93. The summed E-state index contributed by atoms with van der Waals surface area (Å²) in [4.78, 5) is 22.3. The number of esters is 1. The molecule has 1 rings (SSSR count). The average Bonchev–Trinajstić information content (AvgIpc) is 2.26. The Kier molecular flexibility index (Phi) is 3.98. The first-order valence-electron chi connectivity index (χ1n) is 6.02. The quantitative estimate of drug-likeness (QED) is 0.478. The molecule has 0 amide bonds. The van der Waals surface area contributed by atoms with Crippen molar-refractivity contribution in [3.8, 4) is 0 Å². The summed E-state index contributed by atoms with van der Waals surface area (Å²) in [7, 11) is 0. The van der Waals surface area contributed by atoms with Crippen LogP contribution >= 0.6 is 0 Å². The number of nitro benzene ring substituents is 1. The first-order chi connectivity index (χ1) is 8.54. The van der Waals surface area contributed by atoms with Crippen LogP contribution in [-0.2, 0) is 14.9 Å². The number of hydrogen-bond donors (Lipinski definition) is 0. The summed E-state index contributed by atoms with van der Waals surface area (Å²) in [6.45, 7) is 8.88. The van der Waals surface area contributed by atoms with Crippen molar-refractivity contribution < 1.29 is 14.5 Å². The van der Waals surface area contributed by atoms with Crippen molar-refractivity contribution in [3.05, 3.63) is 39.9 Å². The highest BCUT2D eigenvalue weighted by Crippen LogP contribution is 2.28. The Hall–Kier alpha value is -1.91. The molecule has 0 saturated carbocycles. The van der Waals surface area contributed by atoms with Gasteiger partial charge in [0.15, 0.2) is 0 Å². The monoisotopic (exact) mass is 265 g/mol. The topological polar surface area (TPSA) is 69.4 Å². The molecule has 19 heavy (non-hydrogen) atoms. The maximum absolute atomic E-state index is 12.1. The van der Waals surface area contributed by atoms with Crippen molar-refractivity contribution in [2.24, 2.45) is 0 Å². The summed E-state index contributed by atoms with van der Waals surface area (Å²) in [6, 6.07) is 5.95. The third-order valence-electron chi connectivity index (χ3n) is 2.71. The number of non-ortho nitro benzene ring substituents is 1. The zero-order valence-corrected chi connectivity index (χ0v) is 11.9. The zero-order valence-electron chi connectivity index (χ0n) is 11.9. The third kappa shape index (κ3) is 3.77. The van der Waals surface area contributed by atoms with E-state index in [-0.39, 0.29) is 11.7 Å². The van der Waals surface area contributed by atoms with Crippen LogP contribution in [0.5, 0.6) is 0 Å². The molecule has 104 valence electrons. The fourth-order valence-corrected chi connectivity index (χ4v) is 1.52. The van der Waals surface area contributed by atoms with Crippen LogP contribution in [-0.4, -0.2) is 16.5 Å². The molecule has 0 unspecified atom stereocenters. The van der Waals surface area contributed by atoms with Crippen LogP contribution in [0.3, 0.4) is 0 Å². The summed E-state index contributed by atoms with van der Waals surface area (Å²) in [6.07, 6.45) is 0. The molecule has 1 aromatic rings. The number of ether oxygens (including phenoxy) is 1. The predicted molar refractivity (Wildman–Crippen MR) is 72.0 cm³/mol. The molecule has 5 heteroatoms. The van der Waals surface area contributed by atoms with E-state index in [1.54, 1.807) is 46.8 Å². The summed E-state index contributed by atoms with van der Waals surface area (Å²) in [5.74, 6) is -0.353. The number of nitro groups is 1. The van der Waals surface area contributed by atoms with Gasteiger partial charge in [-0.3, -0.25) is 14.9 Å². The Morgan fingerprint density at radius 1 is 1.11 bits per heavy atom. The molecule has 0 bridgehead atoms. The lowest BCUT2D eigenvalue weighted by molar-refractivity contribution is -0.384. The van der Waals surface area contributed by atoms with Crippen LogP contribution < -0.4 is 0 Å². The van der Waals surface area contributed by atoms with E-state index in [4.69, 9.17) is 4.74 Å². The van der Waals surface area contributed by atoms with Gasteiger partial charge >= 0.3 is 5.97 Å². The second kappa shape index (κ2) is 4.99. The number of benzene rings is 1. The van der Waals surface area contributed by atoms with Crippen molar-refractivity contribution in [3.63, 3.8) is 0 Å². The Balaban J connectivity index is 2.99. The van der Waals surface area contributed by atoms with Gasteiger partial charge in [-0.15, -0.1) is 0 Å². The molecule has 0 aromatic heterocycles. The zero-order chi connectivity index (χ0) is 14.8. The number of hydrogen-bond acceptors (Lipinski definition) is 4. The average molecular weight is 265 g/mol. The summed E-state index contributed by atoms with van der Waals surface area (Å²) in [5, 5.41) is 10.6. The molecular formula is C14H19NO4. The normalized spacial score (nSPS) is 12.1. The number of carbonyl (C=O) groups is 1. The smallest absolute Gasteiger partial charge is 0.316 e. The van der Waals surface area contributed by atoms with E-state index < -0.39 is 15.9 Å². The lowest BCUT2D eigenvalue weighted by Crippen LogP contribution is -2.36. The van der Waals surface area contributed by atoms with Gasteiger partial charge in [-0.25, -0.2) is 0 Å². The summed E-state index contributed by atoms with van der Waals surface area (Å²) in [5.41, 5.74) is -0.714. The molecule has 1 aromatic carbocycles. The largest absolute Gasteiger partial charge is 0.459 e. The van der Waals surface area contributed by atoms with E-state index in [9.17, 15) is 14.9 Å². The minimum Gasteiger partial charge on any atom is -0.459 e. The first-order valence-corrected chi connectivity index (χ1v) is 6.02. The van der Waals surface area contributed by atoms with Gasteiger partial charge < -0.3 is 4.74 Å². The highest BCUT2D eigenvalue weighted by molar-refractivity contribution is 5.82. The SMILES string of the molecule is CC(C)(C)OC(=O)C(C)(C)c1ccc([N+](=O)[O-])cc1. The van der Waals surface area contributed by atoms with E-state index >= 15 is 0 Å². The molecule has 0 N–H and O–H groups in total. The van der Waals surface area contributed by atoms with Gasteiger partial charge in [-0.05, 0) is 40.2 Å². The van der Waals surface area contributed by atoms with Crippen LogP contribution in [0.25, 0.3) is 0 Å². The Labute approximate surface area is 112 Å². The first kappa shape index (κ1) is 15.1. The fraction of sp³-hybridized carbons (Fsp3) is 0.500. The number of rotatable bonds is 3. The van der Waals surface area contributed by atoms with E-state index in [1.165, 1.54) is 12.1 Å². The molecule has 0 radical (unpaired) electrons. The maximum atomic E-state index is 12.1. The van der Waals surface area contributed by atoms with Gasteiger partial charge in [0, 0.05) is 12.1 Å². The Morgan fingerprint density at radius 3 is 1.95 bits per heavy atom. The maximum Gasteiger partial charge on any atom is 0.316 e. The summed E-state index contributed by atoms with van der Waals surface area (Å²) < 4.78 is 5.36. The molecule has 0 heterocycles. The van der Waals surface area contributed by atoms with E-state index in [0.717, 1.165) is 0 Å². The molecule has 0 atom stereocenters. The molecule has 0 aliphatic carbocycles. The van der Waals surface area contributed by atoms with Crippen LogP contribution in [0.2, 0.25) is 0 Å². The van der Waals surface area contributed by atoms with Crippen molar-refractivity contribution in [1.29, 1.82) is 0 Å². The summed E-state index contributed by atoms with van der Waals surface area (Å²) >= 11 is 0. The minimum atomic E-state index is -0.845. The van der Waals surface area contributed by atoms with Gasteiger partial charge in [0.1, 0.15) is 5.60 Å². The van der Waals surface area contributed by atoms with Gasteiger partial charge in [-0.1, -0.05) is 12.1 Å². The van der Waals surface area contributed by atoms with E-state index in [2.05, 4.69) is 0 Å². The van der Waals surface area contributed by atoms with Crippen LogP contribution in [0.15, 0.2) is 24.3 Å². The molecule has 0 aliphatic rings. The highest BCUT2D eigenvalue weighted by atomic mass is 16.6. The standard InChI is InChI=1S/C14H19NO4/c1-13(2,3)19-12(16)14(4,5)10-6-8-11(9-7-10)15(17)18/h6-9H,1-5H3.